The summed E-state index contributed by atoms with van der Waals surface area (Å²) >= 11 is 1.34. The number of fused-ring (bicyclic) bond motifs is 1. The van der Waals surface area contributed by atoms with E-state index in [2.05, 4.69) is 26.5 Å². The van der Waals surface area contributed by atoms with E-state index in [-0.39, 0.29) is 6.04 Å². The zero-order valence-electron chi connectivity index (χ0n) is 9.13. The van der Waals surface area contributed by atoms with E-state index >= 15 is 0 Å². The second-order valence-electron chi connectivity index (χ2n) is 3.96. The molecule has 5 heteroatoms. The Kier molecular flexibility index (Phi) is 2.62. The molecule has 4 nitrogen and oxygen atoms in total. The first-order valence-electron chi connectivity index (χ1n) is 5.41. The van der Waals surface area contributed by atoms with Crippen LogP contribution in [0.2, 0.25) is 0 Å². The molecule has 0 aliphatic rings. The maximum Gasteiger partial charge on any atom is 0.159 e. The lowest BCUT2D eigenvalue weighted by Crippen LogP contribution is -2.14. The molecule has 0 saturated heterocycles. The first-order chi connectivity index (χ1) is 8.34. The lowest BCUT2D eigenvalue weighted by Gasteiger charge is -2.06. The molecule has 0 aliphatic carbocycles. The molecule has 0 bridgehead atoms. The largest absolute Gasteiger partial charge is 0.361 e. The van der Waals surface area contributed by atoms with Crippen LogP contribution in [-0.4, -0.2) is 14.3 Å². The van der Waals surface area contributed by atoms with E-state index in [0.29, 0.717) is 0 Å². The molecule has 1 atom stereocenters. The molecular formula is C12H12N4S. The number of hydrogen-bond acceptors (Lipinski definition) is 4. The summed E-state index contributed by atoms with van der Waals surface area (Å²) in [5.41, 5.74) is 10.2. The predicted molar refractivity (Wildman–Crippen MR) is 68.8 cm³/mol. The minimum absolute atomic E-state index is 0.138. The van der Waals surface area contributed by atoms with Gasteiger partial charge in [0, 0.05) is 17.1 Å². The van der Waals surface area contributed by atoms with E-state index in [1.807, 2.05) is 18.3 Å². The van der Waals surface area contributed by atoms with Crippen LogP contribution in [0.1, 0.15) is 17.4 Å². The van der Waals surface area contributed by atoms with Gasteiger partial charge in [0.2, 0.25) is 0 Å². The average molecular weight is 244 g/mol. The average Bonchev–Trinajstić information content (AvgIpc) is 2.98. The van der Waals surface area contributed by atoms with Gasteiger partial charge in [-0.1, -0.05) is 18.2 Å². The van der Waals surface area contributed by atoms with Gasteiger partial charge < -0.3 is 10.7 Å². The topological polar surface area (TPSA) is 67.6 Å². The zero-order valence-corrected chi connectivity index (χ0v) is 9.95. The Balaban J connectivity index is 1.90. The third-order valence-electron chi connectivity index (χ3n) is 2.82. The Morgan fingerprint density at radius 3 is 3.06 bits per heavy atom. The van der Waals surface area contributed by atoms with Crippen molar-refractivity contribution in [1.29, 1.82) is 0 Å². The number of H-pyrrole nitrogens is 1. The molecule has 0 radical (unpaired) electrons. The predicted octanol–water partition coefficient (Wildman–Crippen LogP) is 2.26. The molecule has 0 spiro atoms. The van der Waals surface area contributed by atoms with E-state index in [4.69, 9.17) is 5.73 Å². The van der Waals surface area contributed by atoms with Crippen molar-refractivity contribution in [2.75, 3.05) is 0 Å². The van der Waals surface area contributed by atoms with Crippen LogP contribution in [0.25, 0.3) is 10.9 Å². The van der Waals surface area contributed by atoms with Gasteiger partial charge in [-0.05, 0) is 29.6 Å². The van der Waals surface area contributed by atoms with Crippen LogP contribution in [0, 0.1) is 0 Å². The zero-order chi connectivity index (χ0) is 11.7. The molecule has 0 amide bonds. The Bertz CT molecular complexity index is 614. The van der Waals surface area contributed by atoms with Gasteiger partial charge in [0.15, 0.2) is 5.82 Å². The second-order valence-corrected chi connectivity index (χ2v) is 4.56. The molecule has 0 unspecified atom stereocenters. The molecule has 2 heterocycles. The maximum atomic E-state index is 6.09. The molecule has 2 aromatic heterocycles. The summed E-state index contributed by atoms with van der Waals surface area (Å²) in [5.74, 6) is 0.722. The van der Waals surface area contributed by atoms with Crippen molar-refractivity contribution >= 4 is 22.4 Å². The van der Waals surface area contributed by atoms with Gasteiger partial charge >= 0.3 is 0 Å². The highest BCUT2D eigenvalue weighted by Crippen LogP contribution is 2.22. The summed E-state index contributed by atoms with van der Waals surface area (Å²) in [6, 6.07) is 8.07. The van der Waals surface area contributed by atoms with Crippen molar-refractivity contribution in [3.63, 3.8) is 0 Å². The van der Waals surface area contributed by atoms with E-state index < -0.39 is 0 Å². The number of hydrogen-bond donors (Lipinski definition) is 2. The highest BCUT2D eigenvalue weighted by atomic mass is 32.1. The molecule has 0 saturated carbocycles. The van der Waals surface area contributed by atoms with Crippen molar-refractivity contribution in [1.82, 2.24) is 14.3 Å². The third-order valence-corrected chi connectivity index (χ3v) is 3.32. The molecule has 0 fully saturated rings. The lowest BCUT2D eigenvalue weighted by atomic mass is 10.1. The standard InChI is InChI=1S/C12H12N4S/c13-10(12-15-7-17-16-12)5-8-6-14-11-4-2-1-3-9(8)11/h1-4,6-7,10,14H,5,13H2/t10-/m0/s1. The number of rotatable bonds is 3. The molecule has 0 aliphatic heterocycles. The van der Waals surface area contributed by atoms with Crippen LogP contribution in [0.5, 0.6) is 0 Å². The van der Waals surface area contributed by atoms with Crippen LogP contribution >= 0.6 is 11.5 Å². The van der Waals surface area contributed by atoms with Gasteiger partial charge in [-0.3, -0.25) is 0 Å². The van der Waals surface area contributed by atoms with Crippen LogP contribution in [0.15, 0.2) is 36.0 Å². The molecular weight excluding hydrogens is 232 g/mol. The van der Waals surface area contributed by atoms with Crippen LogP contribution < -0.4 is 5.73 Å². The maximum absolute atomic E-state index is 6.09. The summed E-state index contributed by atoms with van der Waals surface area (Å²) in [5, 5.41) is 1.22. The third kappa shape index (κ3) is 1.94. The fraction of sp³-hybridized carbons (Fsp3) is 0.167. The summed E-state index contributed by atoms with van der Waals surface area (Å²) in [7, 11) is 0. The Hall–Kier alpha value is -1.72. The van der Waals surface area contributed by atoms with Crippen molar-refractivity contribution in [3.05, 3.63) is 47.4 Å². The molecule has 86 valence electrons. The van der Waals surface area contributed by atoms with E-state index in [1.165, 1.54) is 22.5 Å². The summed E-state index contributed by atoms with van der Waals surface area (Å²) in [6.07, 6.45) is 2.76. The Labute approximate surface area is 103 Å². The molecule has 3 aromatic rings. The minimum Gasteiger partial charge on any atom is -0.361 e. The number of nitrogens with zero attached hydrogens (tertiary/aromatic N) is 2. The van der Waals surface area contributed by atoms with E-state index in [9.17, 15) is 0 Å². The highest BCUT2D eigenvalue weighted by Gasteiger charge is 2.13. The SMILES string of the molecule is N[C@@H](Cc1c[nH]c2ccccc12)c1ncsn1. The van der Waals surface area contributed by atoms with Crippen molar-refractivity contribution in [3.8, 4) is 0 Å². The van der Waals surface area contributed by atoms with Crippen LogP contribution in [0.3, 0.4) is 0 Å². The molecule has 17 heavy (non-hydrogen) atoms. The van der Waals surface area contributed by atoms with E-state index in [0.717, 1.165) is 17.8 Å². The number of aromatic nitrogens is 3. The number of nitrogens with one attached hydrogen (secondary N) is 1. The summed E-state index contributed by atoms with van der Waals surface area (Å²) in [4.78, 5) is 7.39. The molecule has 1 aromatic carbocycles. The first-order valence-corrected chi connectivity index (χ1v) is 6.25. The van der Waals surface area contributed by atoms with Crippen molar-refractivity contribution in [2.45, 2.75) is 12.5 Å². The van der Waals surface area contributed by atoms with Gasteiger partial charge in [0.25, 0.3) is 0 Å². The number of aromatic amines is 1. The second kappa shape index (κ2) is 4.27. The first kappa shape index (κ1) is 10.4. The smallest absolute Gasteiger partial charge is 0.159 e. The number of benzene rings is 1. The fourth-order valence-corrected chi connectivity index (χ4v) is 2.46. The van der Waals surface area contributed by atoms with Gasteiger partial charge in [-0.2, -0.15) is 4.37 Å². The quantitative estimate of drug-likeness (QED) is 0.742. The lowest BCUT2D eigenvalue weighted by molar-refractivity contribution is 0.683. The molecule has 3 N–H and O–H groups in total. The van der Waals surface area contributed by atoms with E-state index in [1.54, 1.807) is 5.51 Å². The Morgan fingerprint density at radius 2 is 2.24 bits per heavy atom. The van der Waals surface area contributed by atoms with Gasteiger partial charge in [-0.15, -0.1) is 0 Å². The van der Waals surface area contributed by atoms with Gasteiger partial charge in [0.1, 0.15) is 5.51 Å². The van der Waals surface area contributed by atoms with Crippen LogP contribution in [-0.2, 0) is 6.42 Å². The Morgan fingerprint density at radius 1 is 1.35 bits per heavy atom. The van der Waals surface area contributed by atoms with Gasteiger partial charge in [0.05, 0.1) is 6.04 Å². The fourth-order valence-electron chi connectivity index (χ4n) is 1.97. The summed E-state index contributed by atoms with van der Waals surface area (Å²) < 4.78 is 4.17. The normalized spacial score (nSPS) is 13.0. The number of para-hydroxylation sites is 1. The monoisotopic (exact) mass is 244 g/mol. The minimum atomic E-state index is -0.138. The number of nitrogens with two attached hydrogens (primary N) is 1. The van der Waals surface area contributed by atoms with Crippen LogP contribution in [0.4, 0.5) is 0 Å². The highest BCUT2D eigenvalue weighted by molar-refractivity contribution is 7.03. The van der Waals surface area contributed by atoms with Gasteiger partial charge in [-0.25, -0.2) is 4.98 Å². The van der Waals surface area contributed by atoms with Crippen molar-refractivity contribution in [2.24, 2.45) is 5.73 Å². The summed E-state index contributed by atoms with van der Waals surface area (Å²) in [6.45, 7) is 0. The van der Waals surface area contributed by atoms with Crippen molar-refractivity contribution < 1.29 is 0 Å². The molecule has 3 rings (SSSR count).